The molecule has 37 heavy (non-hydrogen) atoms. The highest BCUT2D eigenvalue weighted by molar-refractivity contribution is 5.94. The molecule has 2 heterocycles. The van der Waals surface area contributed by atoms with Crippen molar-refractivity contribution in [1.29, 1.82) is 0 Å². The number of ether oxygens (including phenoxy) is 3. The Balaban J connectivity index is 1.86. The number of pyridine rings is 1. The number of alkyl halides is 2. The average Bonchev–Trinajstić information content (AvgIpc) is 2.85. The number of benzene rings is 2. The van der Waals surface area contributed by atoms with Gasteiger partial charge in [0.05, 0.1) is 35.4 Å². The van der Waals surface area contributed by atoms with Crippen molar-refractivity contribution in [2.45, 2.75) is 39.4 Å². The second kappa shape index (κ2) is 11.3. The van der Waals surface area contributed by atoms with Crippen LogP contribution in [-0.4, -0.2) is 41.9 Å². The molecule has 9 heteroatoms. The number of carbonyl (C=O) groups is 1. The van der Waals surface area contributed by atoms with E-state index >= 15 is 0 Å². The largest absolute Gasteiger partial charge is 0.492 e. The molecule has 0 saturated heterocycles. The van der Waals surface area contributed by atoms with Crippen molar-refractivity contribution in [2.75, 3.05) is 18.1 Å². The number of halogens is 2. The van der Waals surface area contributed by atoms with E-state index in [9.17, 15) is 18.7 Å². The van der Waals surface area contributed by atoms with Crippen LogP contribution in [0.5, 0.6) is 17.4 Å². The molecule has 1 unspecified atom stereocenters. The van der Waals surface area contributed by atoms with Crippen molar-refractivity contribution >= 4 is 11.7 Å². The van der Waals surface area contributed by atoms with E-state index in [4.69, 9.17) is 14.2 Å². The van der Waals surface area contributed by atoms with E-state index in [1.165, 1.54) is 6.07 Å². The van der Waals surface area contributed by atoms with Crippen molar-refractivity contribution in [3.63, 3.8) is 0 Å². The third kappa shape index (κ3) is 5.66. The topological polar surface area (TPSA) is 81.1 Å². The van der Waals surface area contributed by atoms with Crippen LogP contribution in [0.1, 0.15) is 37.8 Å². The molecule has 0 amide bonds. The first-order valence-corrected chi connectivity index (χ1v) is 11.9. The second-order valence-electron chi connectivity index (χ2n) is 8.68. The van der Waals surface area contributed by atoms with Crippen LogP contribution in [0.3, 0.4) is 0 Å². The summed E-state index contributed by atoms with van der Waals surface area (Å²) in [7, 11) is 0. The Kier molecular flexibility index (Phi) is 7.91. The number of fused-ring (bicyclic) bond motifs is 1. The van der Waals surface area contributed by atoms with Crippen LogP contribution in [0.2, 0.25) is 0 Å². The Morgan fingerprint density at radius 1 is 1.05 bits per heavy atom. The molecule has 2 aromatic carbocycles. The number of allylic oxidation sites excluding steroid dienone is 1. The smallest absolute Gasteiger partial charge is 0.387 e. The van der Waals surface area contributed by atoms with Gasteiger partial charge in [0.2, 0.25) is 5.88 Å². The molecule has 1 aliphatic rings. The molecule has 1 aromatic heterocycles. The van der Waals surface area contributed by atoms with Gasteiger partial charge in [-0.2, -0.15) is 8.78 Å². The van der Waals surface area contributed by atoms with E-state index in [0.29, 0.717) is 29.2 Å². The van der Waals surface area contributed by atoms with Gasteiger partial charge in [0.1, 0.15) is 18.1 Å². The Labute approximate surface area is 213 Å². The molecule has 1 aliphatic heterocycles. The SMILES string of the molecule is CC1=C(C(=O)O)C(c2ccccc2OC(F)F)c2c(ccnc2OC(C)C)N1CCOc1ccccc1. The molecule has 1 N–H and O–H groups in total. The van der Waals surface area contributed by atoms with Gasteiger partial charge in [-0.25, -0.2) is 9.78 Å². The number of carboxylic acids is 1. The fraction of sp³-hybridized carbons (Fsp3) is 0.286. The summed E-state index contributed by atoms with van der Waals surface area (Å²) in [5.41, 5.74) is 1.86. The first-order chi connectivity index (χ1) is 17.8. The molecule has 0 radical (unpaired) electrons. The monoisotopic (exact) mass is 510 g/mol. The molecule has 7 nitrogen and oxygen atoms in total. The summed E-state index contributed by atoms with van der Waals surface area (Å²) in [6.07, 6.45) is 1.32. The van der Waals surface area contributed by atoms with E-state index in [1.54, 1.807) is 37.4 Å². The van der Waals surface area contributed by atoms with Gasteiger partial charge in [-0.3, -0.25) is 0 Å². The van der Waals surface area contributed by atoms with Gasteiger partial charge in [-0.1, -0.05) is 36.4 Å². The van der Waals surface area contributed by atoms with Gasteiger partial charge in [0, 0.05) is 17.5 Å². The third-order valence-corrected chi connectivity index (χ3v) is 5.94. The quantitative estimate of drug-likeness (QED) is 0.366. The van der Waals surface area contributed by atoms with Crippen molar-refractivity contribution in [3.8, 4) is 17.4 Å². The summed E-state index contributed by atoms with van der Waals surface area (Å²) < 4.78 is 43.2. The minimum Gasteiger partial charge on any atom is -0.492 e. The van der Waals surface area contributed by atoms with Crippen LogP contribution in [-0.2, 0) is 4.79 Å². The van der Waals surface area contributed by atoms with E-state index in [0.717, 1.165) is 0 Å². The average molecular weight is 511 g/mol. The van der Waals surface area contributed by atoms with Crippen LogP contribution >= 0.6 is 0 Å². The Hall–Kier alpha value is -4.14. The van der Waals surface area contributed by atoms with Crippen LogP contribution in [0.15, 0.2) is 78.1 Å². The lowest BCUT2D eigenvalue weighted by atomic mass is 9.80. The molecule has 0 spiro atoms. The summed E-state index contributed by atoms with van der Waals surface area (Å²) in [6, 6.07) is 17.3. The summed E-state index contributed by atoms with van der Waals surface area (Å²) >= 11 is 0. The molecular weight excluding hydrogens is 482 g/mol. The molecule has 0 aliphatic carbocycles. The number of para-hydroxylation sites is 2. The van der Waals surface area contributed by atoms with Crippen molar-refractivity contribution < 1.29 is 32.9 Å². The lowest BCUT2D eigenvalue weighted by Gasteiger charge is -2.38. The minimum absolute atomic E-state index is 0.0131. The molecule has 194 valence electrons. The predicted octanol–water partition coefficient (Wildman–Crippen LogP) is 5.86. The van der Waals surface area contributed by atoms with Crippen LogP contribution in [0.25, 0.3) is 0 Å². The molecule has 0 fully saturated rings. The second-order valence-corrected chi connectivity index (χ2v) is 8.68. The molecule has 1 atom stereocenters. The number of aliphatic carboxylic acids is 1. The number of nitrogens with zero attached hydrogens (tertiary/aromatic N) is 2. The van der Waals surface area contributed by atoms with E-state index in [-0.39, 0.29) is 35.5 Å². The van der Waals surface area contributed by atoms with Gasteiger partial charge in [-0.15, -0.1) is 0 Å². The third-order valence-electron chi connectivity index (χ3n) is 5.94. The summed E-state index contributed by atoms with van der Waals surface area (Å²) in [6.45, 7) is 2.88. The Morgan fingerprint density at radius 2 is 1.76 bits per heavy atom. The van der Waals surface area contributed by atoms with Gasteiger partial charge >= 0.3 is 12.6 Å². The Morgan fingerprint density at radius 3 is 2.43 bits per heavy atom. The number of aromatic nitrogens is 1. The van der Waals surface area contributed by atoms with Crippen molar-refractivity contribution in [1.82, 2.24) is 4.98 Å². The molecule has 4 rings (SSSR count). The normalized spacial score (nSPS) is 15.1. The number of hydrogen-bond acceptors (Lipinski definition) is 6. The maximum absolute atomic E-state index is 13.3. The molecular formula is C28H28F2N2O5. The predicted molar refractivity (Wildman–Crippen MR) is 135 cm³/mol. The van der Waals surface area contributed by atoms with Crippen LogP contribution in [0.4, 0.5) is 14.5 Å². The molecule has 3 aromatic rings. The van der Waals surface area contributed by atoms with Crippen LogP contribution in [0, 0.1) is 0 Å². The maximum atomic E-state index is 13.3. The molecule has 0 bridgehead atoms. The highest BCUT2D eigenvalue weighted by atomic mass is 19.3. The summed E-state index contributed by atoms with van der Waals surface area (Å²) in [5, 5.41) is 10.4. The minimum atomic E-state index is -3.07. The first kappa shape index (κ1) is 25.9. The fourth-order valence-corrected chi connectivity index (χ4v) is 4.52. The highest BCUT2D eigenvalue weighted by Gasteiger charge is 2.40. The van der Waals surface area contributed by atoms with Gasteiger partial charge < -0.3 is 24.2 Å². The number of carboxylic acid groups (broad SMARTS) is 1. The highest BCUT2D eigenvalue weighted by Crippen LogP contribution is 2.50. The van der Waals surface area contributed by atoms with Crippen molar-refractivity contribution in [3.05, 3.63) is 89.3 Å². The summed E-state index contributed by atoms with van der Waals surface area (Å²) in [4.78, 5) is 18.9. The lowest BCUT2D eigenvalue weighted by molar-refractivity contribution is -0.133. The van der Waals surface area contributed by atoms with Gasteiger partial charge in [0.25, 0.3) is 0 Å². The zero-order valence-electron chi connectivity index (χ0n) is 20.7. The Bertz CT molecular complexity index is 1280. The van der Waals surface area contributed by atoms with E-state index < -0.39 is 18.5 Å². The van der Waals surface area contributed by atoms with E-state index in [1.807, 2.05) is 49.1 Å². The number of anilines is 1. The van der Waals surface area contributed by atoms with Gasteiger partial charge in [-0.05, 0) is 45.0 Å². The lowest BCUT2D eigenvalue weighted by Crippen LogP contribution is -2.35. The maximum Gasteiger partial charge on any atom is 0.387 e. The zero-order chi connectivity index (χ0) is 26.5. The molecule has 0 saturated carbocycles. The first-order valence-electron chi connectivity index (χ1n) is 11.9. The summed E-state index contributed by atoms with van der Waals surface area (Å²) in [5.74, 6) is -1.34. The standard InChI is InChI=1S/C28H28F2N2O5/c1-17(2)36-26-25-21(13-14-31-26)32(15-16-35-19-9-5-4-6-10-19)18(3)23(27(33)34)24(25)20-11-7-8-12-22(20)37-28(29)30/h4-14,17,24,28H,15-16H2,1-3H3,(H,33,34). The fourth-order valence-electron chi connectivity index (χ4n) is 4.52. The number of rotatable bonds is 10. The van der Waals surface area contributed by atoms with E-state index in [2.05, 4.69) is 4.98 Å². The van der Waals surface area contributed by atoms with Crippen LogP contribution < -0.4 is 19.1 Å². The zero-order valence-corrected chi connectivity index (χ0v) is 20.7. The van der Waals surface area contributed by atoms with Crippen molar-refractivity contribution in [2.24, 2.45) is 0 Å². The number of hydrogen-bond donors (Lipinski definition) is 1. The van der Waals surface area contributed by atoms with Gasteiger partial charge in [0.15, 0.2) is 0 Å².